The minimum atomic E-state index is -0.522. The molecule has 0 unspecified atom stereocenters. The van der Waals surface area contributed by atoms with E-state index in [-0.39, 0.29) is 23.9 Å². The van der Waals surface area contributed by atoms with Crippen molar-refractivity contribution < 1.29 is 13.5 Å². The van der Waals surface area contributed by atoms with Crippen LogP contribution in [0.2, 0.25) is 0 Å². The molecule has 0 aliphatic heterocycles. The molecule has 0 fully saturated rings. The first-order chi connectivity index (χ1) is 11.0. The Morgan fingerprint density at radius 1 is 1.26 bits per heavy atom. The molecular weight excluding hydrogens is 372 g/mol. The first kappa shape index (κ1) is 15.6. The standard InChI is InChI=1S/C14H12BrF2N5O/c1-2-23-14-20-11(18)10-12(21-14)22(13(15)19-10)6-7-5-8(16)3-4-9(7)17/h3-5H,2,6H2,1H3,(H2,18,20,21). The molecule has 0 saturated carbocycles. The number of nitrogens with two attached hydrogens (primary N) is 1. The van der Waals surface area contributed by atoms with Crippen LogP contribution in [0.5, 0.6) is 6.01 Å². The first-order valence-corrected chi connectivity index (χ1v) is 7.55. The Hall–Kier alpha value is -2.29. The highest BCUT2D eigenvalue weighted by molar-refractivity contribution is 9.10. The molecule has 0 atom stereocenters. The highest BCUT2D eigenvalue weighted by Crippen LogP contribution is 2.26. The predicted octanol–water partition coefficient (Wildman–Crippen LogP) is 2.90. The zero-order valence-corrected chi connectivity index (χ0v) is 13.6. The molecule has 2 N–H and O–H groups in total. The smallest absolute Gasteiger partial charge is 0.320 e. The monoisotopic (exact) mass is 383 g/mol. The van der Waals surface area contributed by atoms with Crippen LogP contribution in [-0.2, 0) is 6.54 Å². The van der Waals surface area contributed by atoms with Crippen molar-refractivity contribution in [2.24, 2.45) is 0 Å². The fourth-order valence-electron chi connectivity index (χ4n) is 2.14. The van der Waals surface area contributed by atoms with E-state index in [2.05, 4.69) is 30.9 Å². The molecule has 23 heavy (non-hydrogen) atoms. The molecule has 0 aliphatic rings. The summed E-state index contributed by atoms with van der Waals surface area (Å²) in [6.07, 6.45) is 0. The van der Waals surface area contributed by atoms with Crippen LogP contribution in [0.4, 0.5) is 14.6 Å². The number of hydrogen-bond donors (Lipinski definition) is 1. The topological polar surface area (TPSA) is 78.9 Å². The number of nitrogen functional groups attached to an aromatic ring is 1. The van der Waals surface area contributed by atoms with Crippen molar-refractivity contribution in [2.45, 2.75) is 13.5 Å². The van der Waals surface area contributed by atoms with Gasteiger partial charge in [-0.15, -0.1) is 0 Å². The van der Waals surface area contributed by atoms with Crippen molar-refractivity contribution in [3.05, 3.63) is 40.1 Å². The van der Waals surface area contributed by atoms with Gasteiger partial charge in [0.05, 0.1) is 13.2 Å². The molecule has 0 bridgehead atoms. The average molecular weight is 384 g/mol. The number of anilines is 1. The van der Waals surface area contributed by atoms with Crippen LogP contribution in [-0.4, -0.2) is 26.1 Å². The van der Waals surface area contributed by atoms with Crippen LogP contribution < -0.4 is 10.5 Å². The van der Waals surface area contributed by atoms with E-state index in [1.54, 1.807) is 11.5 Å². The van der Waals surface area contributed by atoms with Gasteiger partial charge in [-0.3, -0.25) is 4.57 Å². The second kappa shape index (κ2) is 6.07. The highest BCUT2D eigenvalue weighted by atomic mass is 79.9. The van der Waals surface area contributed by atoms with E-state index in [0.717, 1.165) is 18.2 Å². The van der Waals surface area contributed by atoms with Gasteiger partial charge in [-0.25, -0.2) is 13.8 Å². The molecule has 2 heterocycles. The summed E-state index contributed by atoms with van der Waals surface area (Å²) in [4.78, 5) is 12.5. The molecule has 3 rings (SSSR count). The van der Waals surface area contributed by atoms with Crippen molar-refractivity contribution in [3.63, 3.8) is 0 Å². The molecule has 0 aliphatic carbocycles. The van der Waals surface area contributed by atoms with Gasteiger partial charge in [0.1, 0.15) is 11.6 Å². The first-order valence-electron chi connectivity index (χ1n) is 6.75. The van der Waals surface area contributed by atoms with Gasteiger partial charge in [0.2, 0.25) is 0 Å². The van der Waals surface area contributed by atoms with E-state index in [9.17, 15) is 8.78 Å². The van der Waals surface area contributed by atoms with E-state index < -0.39 is 11.6 Å². The summed E-state index contributed by atoms with van der Waals surface area (Å²) >= 11 is 3.28. The number of imidazole rings is 1. The number of benzene rings is 1. The summed E-state index contributed by atoms with van der Waals surface area (Å²) in [5.41, 5.74) is 6.75. The van der Waals surface area contributed by atoms with E-state index >= 15 is 0 Å². The molecule has 1 aromatic carbocycles. The van der Waals surface area contributed by atoms with Crippen molar-refractivity contribution in [3.8, 4) is 6.01 Å². The number of nitrogens with zero attached hydrogens (tertiary/aromatic N) is 4. The number of rotatable bonds is 4. The van der Waals surface area contributed by atoms with Crippen LogP contribution in [0.15, 0.2) is 22.9 Å². The third-order valence-corrected chi connectivity index (χ3v) is 3.77. The van der Waals surface area contributed by atoms with Crippen LogP contribution in [0.25, 0.3) is 11.2 Å². The lowest BCUT2D eigenvalue weighted by Crippen LogP contribution is -2.06. The van der Waals surface area contributed by atoms with Gasteiger partial charge in [0.25, 0.3) is 0 Å². The largest absolute Gasteiger partial charge is 0.464 e. The van der Waals surface area contributed by atoms with E-state index in [1.165, 1.54) is 0 Å². The minimum Gasteiger partial charge on any atom is -0.464 e. The molecule has 2 aromatic heterocycles. The summed E-state index contributed by atoms with van der Waals surface area (Å²) in [5, 5.41) is 0. The molecule has 6 nitrogen and oxygen atoms in total. The minimum absolute atomic E-state index is 0.0305. The summed E-state index contributed by atoms with van der Waals surface area (Å²) in [7, 11) is 0. The fraction of sp³-hybridized carbons (Fsp3) is 0.214. The zero-order valence-electron chi connectivity index (χ0n) is 12.1. The lowest BCUT2D eigenvalue weighted by atomic mass is 10.2. The Kier molecular flexibility index (Phi) is 4.12. The molecule has 0 saturated heterocycles. The Bertz CT molecular complexity index is 883. The molecule has 0 radical (unpaired) electrons. The van der Waals surface area contributed by atoms with Crippen LogP contribution in [0.3, 0.4) is 0 Å². The summed E-state index contributed by atoms with van der Waals surface area (Å²) in [5.74, 6) is -0.893. The van der Waals surface area contributed by atoms with Gasteiger partial charge in [0.15, 0.2) is 21.7 Å². The fourth-order valence-corrected chi connectivity index (χ4v) is 2.61. The van der Waals surface area contributed by atoms with Gasteiger partial charge in [-0.1, -0.05) is 0 Å². The summed E-state index contributed by atoms with van der Waals surface area (Å²) in [6.45, 7) is 2.19. The third kappa shape index (κ3) is 2.96. The second-order valence-electron chi connectivity index (χ2n) is 4.70. The van der Waals surface area contributed by atoms with Crippen molar-refractivity contribution in [2.75, 3.05) is 12.3 Å². The molecule has 120 valence electrons. The average Bonchev–Trinajstić information content (AvgIpc) is 2.81. The SMILES string of the molecule is CCOc1nc(N)c2nc(Br)n(Cc3cc(F)ccc3F)c2n1. The summed E-state index contributed by atoms with van der Waals surface area (Å²) in [6, 6.07) is 3.37. The third-order valence-electron chi connectivity index (χ3n) is 3.16. The number of halogens is 3. The van der Waals surface area contributed by atoms with Crippen LogP contribution in [0, 0.1) is 11.6 Å². The number of fused-ring (bicyclic) bond motifs is 1. The number of ether oxygens (including phenoxy) is 1. The second-order valence-corrected chi connectivity index (χ2v) is 5.41. The maximum absolute atomic E-state index is 13.9. The van der Waals surface area contributed by atoms with Crippen molar-refractivity contribution in [1.82, 2.24) is 19.5 Å². The summed E-state index contributed by atoms with van der Waals surface area (Å²) < 4.78 is 34.4. The Balaban J connectivity index is 2.12. The Morgan fingerprint density at radius 3 is 2.78 bits per heavy atom. The van der Waals surface area contributed by atoms with Crippen LogP contribution >= 0.6 is 15.9 Å². The molecule has 0 spiro atoms. The Morgan fingerprint density at radius 2 is 2.04 bits per heavy atom. The van der Waals surface area contributed by atoms with E-state index in [4.69, 9.17) is 10.5 Å². The van der Waals surface area contributed by atoms with Crippen molar-refractivity contribution in [1.29, 1.82) is 0 Å². The Labute approximate surface area is 138 Å². The number of aromatic nitrogens is 4. The van der Waals surface area contributed by atoms with Crippen molar-refractivity contribution >= 4 is 32.9 Å². The highest BCUT2D eigenvalue weighted by Gasteiger charge is 2.17. The maximum atomic E-state index is 13.9. The lowest BCUT2D eigenvalue weighted by Gasteiger charge is -2.08. The van der Waals surface area contributed by atoms with Gasteiger partial charge in [0, 0.05) is 5.56 Å². The molecular formula is C14H12BrF2N5O. The van der Waals surface area contributed by atoms with Gasteiger partial charge >= 0.3 is 6.01 Å². The molecule has 0 amide bonds. The molecule has 9 heteroatoms. The van der Waals surface area contributed by atoms with E-state index in [0.29, 0.717) is 22.5 Å². The molecule has 3 aromatic rings. The van der Waals surface area contributed by atoms with Gasteiger partial charge in [-0.2, -0.15) is 9.97 Å². The predicted molar refractivity (Wildman–Crippen MR) is 84.1 cm³/mol. The quantitative estimate of drug-likeness (QED) is 0.700. The lowest BCUT2D eigenvalue weighted by molar-refractivity contribution is 0.314. The maximum Gasteiger partial charge on any atom is 0.320 e. The van der Waals surface area contributed by atoms with E-state index in [1.807, 2.05) is 0 Å². The van der Waals surface area contributed by atoms with Crippen LogP contribution in [0.1, 0.15) is 12.5 Å². The normalized spacial score (nSPS) is 11.1. The van der Waals surface area contributed by atoms with Gasteiger partial charge < -0.3 is 10.5 Å². The zero-order chi connectivity index (χ0) is 16.6. The number of hydrogen-bond acceptors (Lipinski definition) is 5. The van der Waals surface area contributed by atoms with Gasteiger partial charge in [-0.05, 0) is 41.1 Å².